The van der Waals surface area contributed by atoms with Crippen molar-refractivity contribution < 1.29 is 4.52 Å². The molecule has 108 valence electrons. The summed E-state index contributed by atoms with van der Waals surface area (Å²) in [5, 5.41) is 8.42. The highest BCUT2D eigenvalue weighted by molar-refractivity contribution is 5.61. The van der Waals surface area contributed by atoms with Crippen LogP contribution >= 0.6 is 0 Å². The molecule has 4 rings (SSSR count). The normalized spacial score (nSPS) is 11.2. The Morgan fingerprint density at radius 3 is 2.91 bits per heavy atom. The second-order valence-electron chi connectivity index (χ2n) is 4.98. The molecule has 0 radical (unpaired) electrons. The van der Waals surface area contributed by atoms with Gasteiger partial charge in [-0.2, -0.15) is 10.1 Å². The highest BCUT2D eigenvalue weighted by Gasteiger charge is 2.15. The zero-order valence-corrected chi connectivity index (χ0v) is 12.1. The Hall–Kier alpha value is -3.09. The largest absolute Gasteiger partial charge is 0.333 e. The van der Waals surface area contributed by atoms with Gasteiger partial charge in [0.25, 0.3) is 5.89 Å². The minimum absolute atomic E-state index is 0.416. The average molecular weight is 292 g/mol. The SMILES string of the molecule is Cc1cc2ncc(-c3nc(-c4cccnc4)no3)c(C)n2n1. The van der Waals surface area contributed by atoms with Crippen LogP contribution in [0.4, 0.5) is 0 Å². The first kappa shape index (κ1) is 12.6. The van der Waals surface area contributed by atoms with Crippen molar-refractivity contribution in [3.8, 4) is 22.8 Å². The summed E-state index contributed by atoms with van der Waals surface area (Å²) >= 11 is 0. The van der Waals surface area contributed by atoms with Gasteiger partial charge in [-0.3, -0.25) is 4.98 Å². The standard InChI is InChI=1S/C15H12N6O/c1-9-6-13-17-8-12(10(2)21(13)19-9)15-18-14(20-22-15)11-4-3-5-16-7-11/h3-8H,1-2H3. The van der Waals surface area contributed by atoms with Gasteiger partial charge in [0.15, 0.2) is 5.65 Å². The molecule has 0 aliphatic rings. The molecule has 7 nitrogen and oxygen atoms in total. The smallest absolute Gasteiger partial charge is 0.261 e. The zero-order valence-electron chi connectivity index (χ0n) is 12.1. The van der Waals surface area contributed by atoms with Crippen LogP contribution < -0.4 is 0 Å². The molecule has 0 N–H and O–H groups in total. The quantitative estimate of drug-likeness (QED) is 0.564. The third kappa shape index (κ3) is 1.95. The summed E-state index contributed by atoms with van der Waals surface area (Å²) in [5.74, 6) is 0.915. The first-order valence-corrected chi connectivity index (χ1v) is 6.79. The lowest BCUT2D eigenvalue weighted by Crippen LogP contribution is -1.98. The van der Waals surface area contributed by atoms with E-state index in [1.165, 1.54) is 0 Å². The van der Waals surface area contributed by atoms with E-state index in [9.17, 15) is 0 Å². The number of pyridine rings is 1. The maximum Gasteiger partial charge on any atom is 0.261 e. The fourth-order valence-electron chi connectivity index (χ4n) is 2.32. The number of hydrogen-bond acceptors (Lipinski definition) is 6. The lowest BCUT2D eigenvalue weighted by atomic mass is 10.2. The molecule has 0 unspecified atom stereocenters. The van der Waals surface area contributed by atoms with Crippen molar-refractivity contribution in [2.24, 2.45) is 0 Å². The number of hydrogen-bond donors (Lipinski definition) is 0. The topological polar surface area (TPSA) is 82.0 Å². The van der Waals surface area contributed by atoms with Gasteiger partial charge in [0.1, 0.15) is 0 Å². The highest BCUT2D eigenvalue weighted by Crippen LogP contribution is 2.24. The van der Waals surface area contributed by atoms with Gasteiger partial charge < -0.3 is 4.52 Å². The lowest BCUT2D eigenvalue weighted by Gasteiger charge is -2.02. The average Bonchev–Trinajstić information content (AvgIpc) is 3.15. The van der Waals surface area contributed by atoms with Gasteiger partial charge in [-0.25, -0.2) is 9.50 Å². The second-order valence-corrected chi connectivity index (χ2v) is 4.98. The van der Waals surface area contributed by atoms with Crippen molar-refractivity contribution in [2.45, 2.75) is 13.8 Å². The van der Waals surface area contributed by atoms with E-state index in [0.717, 1.165) is 28.2 Å². The maximum absolute atomic E-state index is 5.37. The van der Waals surface area contributed by atoms with E-state index in [4.69, 9.17) is 4.52 Å². The monoisotopic (exact) mass is 292 g/mol. The predicted molar refractivity (Wildman–Crippen MR) is 79.0 cm³/mol. The summed E-state index contributed by atoms with van der Waals surface area (Å²) < 4.78 is 7.15. The Bertz CT molecular complexity index is 957. The van der Waals surface area contributed by atoms with E-state index in [2.05, 4.69) is 25.2 Å². The van der Waals surface area contributed by atoms with Crippen molar-refractivity contribution in [1.29, 1.82) is 0 Å². The molecule has 0 amide bonds. The molecule has 0 bridgehead atoms. The van der Waals surface area contributed by atoms with Crippen molar-refractivity contribution >= 4 is 5.65 Å². The molecule has 0 saturated carbocycles. The van der Waals surface area contributed by atoms with Gasteiger partial charge in [-0.1, -0.05) is 5.16 Å². The van der Waals surface area contributed by atoms with Crippen LogP contribution in [0.25, 0.3) is 28.5 Å². The van der Waals surface area contributed by atoms with Gasteiger partial charge in [0.05, 0.1) is 17.0 Å². The Kier molecular flexibility index (Phi) is 2.72. The van der Waals surface area contributed by atoms with Crippen molar-refractivity contribution in [1.82, 2.24) is 29.7 Å². The fourth-order valence-corrected chi connectivity index (χ4v) is 2.32. The molecular formula is C15H12N6O. The van der Waals surface area contributed by atoms with Crippen molar-refractivity contribution in [2.75, 3.05) is 0 Å². The van der Waals surface area contributed by atoms with Crippen molar-refractivity contribution in [3.05, 3.63) is 48.2 Å². The third-order valence-electron chi connectivity index (χ3n) is 3.42. The van der Waals surface area contributed by atoms with Gasteiger partial charge >= 0.3 is 0 Å². The Morgan fingerprint density at radius 2 is 2.09 bits per heavy atom. The van der Waals surface area contributed by atoms with Crippen LogP contribution in [-0.2, 0) is 0 Å². The van der Waals surface area contributed by atoms with E-state index >= 15 is 0 Å². The molecule has 22 heavy (non-hydrogen) atoms. The number of fused-ring (bicyclic) bond motifs is 1. The minimum atomic E-state index is 0.416. The van der Waals surface area contributed by atoms with E-state index in [0.29, 0.717) is 11.7 Å². The predicted octanol–water partition coefficient (Wildman–Crippen LogP) is 2.46. The molecule has 0 aliphatic carbocycles. The molecule has 4 aromatic rings. The zero-order chi connectivity index (χ0) is 15.1. The van der Waals surface area contributed by atoms with Crippen LogP contribution in [0.1, 0.15) is 11.4 Å². The lowest BCUT2D eigenvalue weighted by molar-refractivity contribution is 0.431. The Morgan fingerprint density at radius 1 is 1.18 bits per heavy atom. The minimum Gasteiger partial charge on any atom is -0.333 e. The summed E-state index contributed by atoms with van der Waals surface area (Å²) in [6.07, 6.45) is 5.12. The summed E-state index contributed by atoms with van der Waals surface area (Å²) in [4.78, 5) is 12.9. The molecule has 7 heteroatoms. The molecule has 0 atom stereocenters. The van der Waals surface area contributed by atoms with E-state index < -0.39 is 0 Å². The third-order valence-corrected chi connectivity index (χ3v) is 3.42. The van der Waals surface area contributed by atoms with E-state index in [1.807, 2.05) is 32.0 Å². The van der Waals surface area contributed by atoms with Gasteiger partial charge in [-0.15, -0.1) is 0 Å². The van der Waals surface area contributed by atoms with Gasteiger partial charge in [0.2, 0.25) is 5.82 Å². The van der Waals surface area contributed by atoms with E-state index in [1.54, 1.807) is 23.1 Å². The Balaban J connectivity index is 1.83. The maximum atomic E-state index is 5.37. The summed E-state index contributed by atoms with van der Waals surface area (Å²) in [6.45, 7) is 3.88. The van der Waals surface area contributed by atoms with Crippen LogP contribution in [0.5, 0.6) is 0 Å². The summed E-state index contributed by atoms with van der Waals surface area (Å²) in [6, 6.07) is 5.63. The van der Waals surface area contributed by atoms with Crippen LogP contribution in [0.2, 0.25) is 0 Å². The molecule has 0 fully saturated rings. The van der Waals surface area contributed by atoms with Crippen LogP contribution in [0.3, 0.4) is 0 Å². The number of aryl methyl sites for hydroxylation is 2. The van der Waals surface area contributed by atoms with Gasteiger partial charge in [0, 0.05) is 30.2 Å². The van der Waals surface area contributed by atoms with E-state index in [-0.39, 0.29) is 0 Å². The fraction of sp³-hybridized carbons (Fsp3) is 0.133. The number of aromatic nitrogens is 6. The molecule has 0 spiro atoms. The first-order chi connectivity index (χ1) is 10.7. The van der Waals surface area contributed by atoms with Crippen LogP contribution in [0.15, 0.2) is 41.3 Å². The molecule has 0 aliphatic heterocycles. The summed E-state index contributed by atoms with van der Waals surface area (Å²) in [7, 11) is 0. The highest BCUT2D eigenvalue weighted by atomic mass is 16.5. The number of rotatable bonds is 2. The van der Waals surface area contributed by atoms with Crippen LogP contribution in [-0.4, -0.2) is 29.7 Å². The first-order valence-electron chi connectivity index (χ1n) is 6.79. The van der Waals surface area contributed by atoms with Crippen molar-refractivity contribution in [3.63, 3.8) is 0 Å². The van der Waals surface area contributed by atoms with Crippen LogP contribution in [0, 0.1) is 13.8 Å². The second kappa shape index (κ2) is 4.73. The molecule has 0 aromatic carbocycles. The number of nitrogens with zero attached hydrogens (tertiary/aromatic N) is 6. The Labute approximate surface area is 125 Å². The van der Waals surface area contributed by atoms with Gasteiger partial charge in [-0.05, 0) is 26.0 Å². The molecule has 0 saturated heterocycles. The molecule has 4 heterocycles. The molecular weight excluding hydrogens is 280 g/mol. The summed E-state index contributed by atoms with van der Waals surface area (Å²) in [5.41, 5.74) is 4.18. The molecule has 4 aromatic heterocycles.